The van der Waals surface area contributed by atoms with Crippen molar-refractivity contribution < 1.29 is 19.1 Å². The van der Waals surface area contributed by atoms with Crippen molar-refractivity contribution in [3.05, 3.63) is 28.3 Å². The van der Waals surface area contributed by atoms with Crippen molar-refractivity contribution >= 4 is 23.2 Å². The Morgan fingerprint density at radius 1 is 1.50 bits per heavy atom. The average Bonchev–Trinajstić information content (AvgIpc) is 3.21. The van der Waals surface area contributed by atoms with E-state index in [2.05, 4.69) is 4.98 Å². The van der Waals surface area contributed by atoms with Gasteiger partial charge in [0.15, 0.2) is 5.76 Å². The van der Waals surface area contributed by atoms with Crippen molar-refractivity contribution in [2.45, 2.75) is 32.6 Å². The maximum Gasteiger partial charge on any atom is 0.303 e. The molecule has 1 aliphatic rings. The first kappa shape index (κ1) is 16.7. The van der Waals surface area contributed by atoms with Gasteiger partial charge in [-0.2, -0.15) is 0 Å². The van der Waals surface area contributed by atoms with Crippen LogP contribution in [0.1, 0.15) is 41.0 Å². The number of thiazole rings is 1. The smallest absolute Gasteiger partial charge is 0.303 e. The number of nitrogens with zero attached hydrogens (tertiary/aromatic N) is 2. The van der Waals surface area contributed by atoms with Gasteiger partial charge >= 0.3 is 5.97 Å². The zero-order chi connectivity index (χ0) is 17.1. The number of likely N-dealkylation sites (tertiary alicyclic amines) is 1. The SMILES string of the molecule is Cc1nc(-c2cc(C(=O)N3CCC[C@@H](CCC(=O)O)C3)co2)cs1. The van der Waals surface area contributed by atoms with E-state index in [1.54, 1.807) is 11.0 Å². The molecule has 1 fully saturated rings. The van der Waals surface area contributed by atoms with E-state index in [0.717, 1.165) is 23.5 Å². The molecular formula is C17H20N2O4S. The normalized spacial score (nSPS) is 17.9. The van der Waals surface area contributed by atoms with Crippen molar-refractivity contribution in [2.75, 3.05) is 13.1 Å². The minimum absolute atomic E-state index is 0.0584. The first-order chi connectivity index (χ1) is 11.5. The highest BCUT2D eigenvalue weighted by molar-refractivity contribution is 7.09. The number of carboxylic acid groups (broad SMARTS) is 1. The van der Waals surface area contributed by atoms with Crippen molar-refractivity contribution in [2.24, 2.45) is 5.92 Å². The van der Waals surface area contributed by atoms with Crippen LogP contribution in [0.3, 0.4) is 0 Å². The second kappa shape index (κ2) is 7.17. The van der Waals surface area contributed by atoms with Gasteiger partial charge in [-0.1, -0.05) is 0 Å². The van der Waals surface area contributed by atoms with E-state index in [0.29, 0.717) is 30.8 Å². The number of carboxylic acids is 1. The van der Waals surface area contributed by atoms with E-state index in [-0.39, 0.29) is 18.2 Å². The van der Waals surface area contributed by atoms with Crippen molar-refractivity contribution in [1.29, 1.82) is 0 Å². The lowest BCUT2D eigenvalue weighted by Gasteiger charge is -2.32. The molecule has 128 valence electrons. The third-order valence-electron chi connectivity index (χ3n) is 4.29. The third kappa shape index (κ3) is 3.84. The molecule has 0 spiro atoms. The monoisotopic (exact) mass is 348 g/mol. The molecule has 0 aromatic carbocycles. The van der Waals surface area contributed by atoms with Crippen LogP contribution in [0.15, 0.2) is 22.1 Å². The van der Waals surface area contributed by atoms with E-state index in [1.165, 1.54) is 17.6 Å². The van der Waals surface area contributed by atoms with Gasteiger partial charge in [0.05, 0.1) is 10.6 Å². The number of piperidine rings is 1. The molecule has 1 amide bonds. The standard InChI is InChI=1S/C17H20N2O4S/c1-11-18-14(10-24-11)15-7-13(9-23-15)17(22)19-6-2-3-12(8-19)4-5-16(20)21/h7,9-10,12H,2-6,8H2,1H3,(H,20,21)/t12-/m0/s1. The number of aromatic nitrogens is 1. The van der Waals surface area contributed by atoms with Crippen LogP contribution in [-0.2, 0) is 4.79 Å². The number of hydrogen-bond donors (Lipinski definition) is 1. The average molecular weight is 348 g/mol. The van der Waals surface area contributed by atoms with E-state index in [4.69, 9.17) is 9.52 Å². The second-order valence-electron chi connectivity index (χ2n) is 6.14. The molecule has 24 heavy (non-hydrogen) atoms. The Bertz CT molecular complexity index is 737. The van der Waals surface area contributed by atoms with Crippen molar-refractivity contribution in [3.63, 3.8) is 0 Å². The Labute approximate surface area is 144 Å². The Hall–Kier alpha value is -2.15. The van der Waals surface area contributed by atoms with E-state index in [9.17, 15) is 9.59 Å². The van der Waals surface area contributed by atoms with Crippen LogP contribution in [0.5, 0.6) is 0 Å². The van der Waals surface area contributed by atoms with Crippen LogP contribution >= 0.6 is 11.3 Å². The predicted octanol–water partition coefficient (Wildman–Crippen LogP) is 3.43. The summed E-state index contributed by atoms with van der Waals surface area (Å²) in [4.78, 5) is 29.6. The van der Waals surface area contributed by atoms with Crippen LogP contribution in [0.2, 0.25) is 0 Å². The maximum atomic E-state index is 12.7. The second-order valence-corrected chi connectivity index (χ2v) is 7.21. The molecule has 0 bridgehead atoms. The molecule has 0 aliphatic carbocycles. The minimum Gasteiger partial charge on any atom is -0.481 e. The number of furan rings is 1. The lowest BCUT2D eigenvalue weighted by molar-refractivity contribution is -0.137. The van der Waals surface area contributed by atoms with Gasteiger partial charge < -0.3 is 14.4 Å². The van der Waals surface area contributed by atoms with Crippen LogP contribution in [-0.4, -0.2) is 40.0 Å². The zero-order valence-corrected chi connectivity index (χ0v) is 14.3. The summed E-state index contributed by atoms with van der Waals surface area (Å²) in [5.74, 6) is 0.0157. The molecule has 3 rings (SSSR count). The van der Waals surface area contributed by atoms with Crippen LogP contribution in [0.4, 0.5) is 0 Å². The lowest BCUT2D eigenvalue weighted by Crippen LogP contribution is -2.39. The number of amides is 1. The van der Waals surface area contributed by atoms with Crippen LogP contribution < -0.4 is 0 Å². The summed E-state index contributed by atoms with van der Waals surface area (Å²) in [6, 6.07) is 1.73. The summed E-state index contributed by atoms with van der Waals surface area (Å²) < 4.78 is 5.50. The van der Waals surface area contributed by atoms with Gasteiger partial charge in [-0.3, -0.25) is 9.59 Å². The molecule has 2 aromatic rings. The van der Waals surface area contributed by atoms with Crippen molar-refractivity contribution in [1.82, 2.24) is 9.88 Å². The van der Waals surface area contributed by atoms with E-state index < -0.39 is 5.97 Å². The highest BCUT2D eigenvalue weighted by Gasteiger charge is 2.26. The molecule has 3 heterocycles. The minimum atomic E-state index is -0.781. The zero-order valence-electron chi connectivity index (χ0n) is 13.5. The predicted molar refractivity (Wildman–Crippen MR) is 90.1 cm³/mol. The Balaban J connectivity index is 1.65. The summed E-state index contributed by atoms with van der Waals surface area (Å²) in [6.07, 6.45) is 4.14. The topological polar surface area (TPSA) is 83.6 Å². The van der Waals surface area contributed by atoms with Gasteiger partial charge in [0.2, 0.25) is 0 Å². The van der Waals surface area contributed by atoms with Gasteiger partial charge in [-0.15, -0.1) is 11.3 Å². The largest absolute Gasteiger partial charge is 0.481 e. The molecule has 6 nitrogen and oxygen atoms in total. The summed E-state index contributed by atoms with van der Waals surface area (Å²) in [6.45, 7) is 3.25. The molecule has 0 radical (unpaired) electrons. The van der Waals surface area contributed by atoms with E-state index >= 15 is 0 Å². The van der Waals surface area contributed by atoms with Crippen molar-refractivity contribution in [3.8, 4) is 11.5 Å². The number of carbonyl (C=O) groups excluding carboxylic acids is 1. The molecule has 0 saturated carbocycles. The lowest BCUT2D eigenvalue weighted by atomic mass is 9.93. The third-order valence-corrected chi connectivity index (χ3v) is 5.06. The first-order valence-electron chi connectivity index (χ1n) is 8.05. The number of aliphatic carboxylic acids is 1. The molecule has 1 saturated heterocycles. The highest BCUT2D eigenvalue weighted by Crippen LogP contribution is 2.26. The Morgan fingerprint density at radius 3 is 3.04 bits per heavy atom. The number of rotatable bonds is 5. The fourth-order valence-electron chi connectivity index (χ4n) is 3.05. The first-order valence-corrected chi connectivity index (χ1v) is 8.93. The molecular weight excluding hydrogens is 328 g/mol. The van der Waals surface area contributed by atoms with Gasteiger partial charge in [-0.25, -0.2) is 4.98 Å². The number of hydrogen-bond acceptors (Lipinski definition) is 5. The molecule has 1 N–H and O–H groups in total. The molecule has 1 aliphatic heterocycles. The van der Waals surface area contributed by atoms with Crippen LogP contribution in [0, 0.1) is 12.8 Å². The van der Waals surface area contributed by atoms with E-state index in [1.807, 2.05) is 12.3 Å². The molecule has 7 heteroatoms. The van der Waals surface area contributed by atoms with Gasteiger partial charge in [0.1, 0.15) is 12.0 Å². The molecule has 2 aromatic heterocycles. The molecule has 0 unspecified atom stereocenters. The summed E-state index contributed by atoms with van der Waals surface area (Å²) in [5.41, 5.74) is 1.27. The van der Waals surface area contributed by atoms with Crippen LogP contribution in [0.25, 0.3) is 11.5 Å². The van der Waals surface area contributed by atoms with Gasteiger partial charge in [0.25, 0.3) is 5.91 Å². The fraction of sp³-hybridized carbons (Fsp3) is 0.471. The Morgan fingerprint density at radius 2 is 2.33 bits per heavy atom. The number of aryl methyl sites for hydroxylation is 1. The number of carbonyl (C=O) groups is 2. The Kier molecular flexibility index (Phi) is 4.99. The highest BCUT2D eigenvalue weighted by atomic mass is 32.1. The maximum absolute atomic E-state index is 12.7. The van der Waals surface area contributed by atoms with Gasteiger partial charge in [-0.05, 0) is 38.2 Å². The molecule has 1 atom stereocenters. The fourth-order valence-corrected chi connectivity index (χ4v) is 3.66. The summed E-state index contributed by atoms with van der Waals surface area (Å²) >= 11 is 1.54. The quantitative estimate of drug-likeness (QED) is 0.895. The summed E-state index contributed by atoms with van der Waals surface area (Å²) in [7, 11) is 0. The summed E-state index contributed by atoms with van der Waals surface area (Å²) in [5, 5.41) is 11.7. The van der Waals surface area contributed by atoms with Gasteiger partial charge in [0, 0.05) is 24.9 Å².